The molecule has 25 heavy (non-hydrogen) atoms. The van der Waals surface area contributed by atoms with E-state index in [-0.39, 0.29) is 36.6 Å². The van der Waals surface area contributed by atoms with Crippen molar-refractivity contribution in [1.82, 2.24) is 10.2 Å². The maximum atomic E-state index is 11.8. The van der Waals surface area contributed by atoms with Crippen LogP contribution in [0.5, 0.6) is 5.75 Å². The Balaban J connectivity index is 0.00000288. The molecule has 1 amide bonds. The quantitative estimate of drug-likeness (QED) is 0.698. The van der Waals surface area contributed by atoms with Gasteiger partial charge in [0, 0.05) is 44.2 Å². The number of amides is 1. The second kappa shape index (κ2) is 13.2. The van der Waals surface area contributed by atoms with Crippen molar-refractivity contribution in [2.75, 3.05) is 46.0 Å². The molecule has 0 aromatic heterocycles. The molecule has 1 fully saturated rings. The zero-order chi connectivity index (χ0) is 16.5. The number of benzene rings is 1. The first-order valence-corrected chi connectivity index (χ1v) is 8.19. The maximum absolute atomic E-state index is 11.8. The number of para-hydroxylation sites is 1. The van der Waals surface area contributed by atoms with Crippen molar-refractivity contribution >= 4 is 30.7 Å². The highest BCUT2D eigenvalue weighted by atomic mass is 35.5. The van der Waals surface area contributed by atoms with E-state index in [9.17, 15) is 4.79 Å². The Morgan fingerprint density at radius 3 is 2.68 bits per heavy atom. The van der Waals surface area contributed by atoms with Gasteiger partial charge < -0.3 is 20.5 Å². The molecule has 8 heteroatoms. The largest absolute Gasteiger partial charge is 0.492 e. The molecule has 0 saturated carbocycles. The summed E-state index contributed by atoms with van der Waals surface area (Å²) in [5.41, 5.74) is 6.49. The predicted octanol–water partition coefficient (Wildman–Crippen LogP) is 1.45. The molecule has 1 heterocycles. The molecule has 1 aromatic rings. The fraction of sp³-hybridized carbons (Fsp3) is 0.588. The number of rotatable bonds is 8. The van der Waals surface area contributed by atoms with Crippen LogP contribution < -0.4 is 15.8 Å². The lowest BCUT2D eigenvalue weighted by molar-refractivity contribution is -0.124. The molecule has 144 valence electrons. The van der Waals surface area contributed by atoms with Gasteiger partial charge in [0.25, 0.3) is 0 Å². The molecule has 1 atom stereocenters. The smallest absolute Gasteiger partial charge is 0.224 e. The minimum Gasteiger partial charge on any atom is -0.492 e. The molecule has 0 radical (unpaired) electrons. The molecule has 1 saturated heterocycles. The number of morpholine rings is 1. The van der Waals surface area contributed by atoms with E-state index in [0.717, 1.165) is 44.2 Å². The van der Waals surface area contributed by atoms with Crippen LogP contribution in [0.4, 0.5) is 0 Å². The molecule has 0 aliphatic carbocycles. The van der Waals surface area contributed by atoms with E-state index in [1.54, 1.807) is 0 Å². The van der Waals surface area contributed by atoms with Crippen LogP contribution in [0.15, 0.2) is 24.3 Å². The van der Waals surface area contributed by atoms with Gasteiger partial charge in [0.1, 0.15) is 12.4 Å². The molecule has 6 nitrogen and oxygen atoms in total. The molecule has 3 N–H and O–H groups in total. The molecule has 1 aliphatic heterocycles. The van der Waals surface area contributed by atoms with Crippen molar-refractivity contribution in [3.05, 3.63) is 29.8 Å². The summed E-state index contributed by atoms with van der Waals surface area (Å²) in [7, 11) is 0. The monoisotopic (exact) mass is 393 g/mol. The summed E-state index contributed by atoms with van der Waals surface area (Å²) in [6, 6.07) is 7.80. The lowest BCUT2D eigenvalue weighted by Gasteiger charge is -2.26. The molecule has 1 aromatic carbocycles. The van der Waals surface area contributed by atoms with Crippen LogP contribution in [-0.4, -0.2) is 56.8 Å². The molecule has 0 spiro atoms. The normalized spacial score (nSPS) is 15.4. The van der Waals surface area contributed by atoms with Crippen molar-refractivity contribution in [2.45, 2.75) is 13.5 Å². The number of halogens is 2. The standard InChI is InChI=1S/C17H27N3O3.2ClH/c1-14(12-18)17(21)19-13-15-4-2-3-5-16(15)23-11-8-20-6-9-22-10-7-20;;/h2-5,14H,6-13,18H2,1H3,(H,19,21);2*1H. The molecule has 2 rings (SSSR count). The summed E-state index contributed by atoms with van der Waals surface area (Å²) in [6.07, 6.45) is 0. The molecule has 0 bridgehead atoms. The van der Waals surface area contributed by atoms with Gasteiger partial charge >= 0.3 is 0 Å². The Hall–Kier alpha value is -1.05. The number of nitrogens with two attached hydrogens (primary N) is 1. The van der Waals surface area contributed by atoms with Crippen molar-refractivity contribution in [3.8, 4) is 5.75 Å². The predicted molar refractivity (Wildman–Crippen MR) is 104 cm³/mol. The molecule has 1 unspecified atom stereocenters. The van der Waals surface area contributed by atoms with Crippen LogP contribution in [0.25, 0.3) is 0 Å². The van der Waals surface area contributed by atoms with Crippen LogP contribution in [0.3, 0.4) is 0 Å². The Kier molecular flexibility index (Phi) is 12.6. The summed E-state index contributed by atoms with van der Waals surface area (Å²) in [5.74, 6) is 0.612. The van der Waals surface area contributed by atoms with Crippen LogP contribution >= 0.6 is 24.8 Å². The second-order valence-corrected chi connectivity index (χ2v) is 5.76. The minimum absolute atomic E-state index is 0. The van der Waals surface area contributed by atoms with E-state index in [1.807, 2.05) is 31.2 Å². The third-order valence-corrected chi connectivity index (χ3v) is 4.00. The van der Waals surface area contributed by atoms with Gasteiger partial charge in [-0.25, -0.2) is 0 Å². The average Bonchev–Trinajstić information content (AvgIpc) is 2.60. The SMILES string of the molecule is CC(CN)C(=O)NCc1ccccc1OCCN1CCOCC1.Cl.Cl. The number of hydrogen-bond acceptors (Lipinski definition) is 5. The van der Waals surface area contributed by atoms with Crippen molar-refractivity contribution in [3.63, 3.8) is 0 Å². The van der Waals surface area contributed by atoms with Crippen molar-refractivity contribution in [2.24, 2.45) is 11.7 Å². The minimum atomic E-state index is -0.176. The number of nitrogens with one attached hydrogen (secondary N) is 1. The molecular weight excluding hydrogens is 365 g/mol. The van der Waals surface area contributed by atoms with E-state index < -0.39 is 0 Å². The Bertz CT molecular complexity index is 500. The van der Waals surface area contributed by atoms with Gasteiger partial charge in [-0.2, -0.15) is 0 Å². The van der Waals surface area contributed by atoms with Crippen LogP contribution in [-0.2, 0) is 16.1 Å². The highest BCUT2D eigenvalue weighted by Crippen LogP contribution is 2.18. The van der Waals surface area contributed by atoms with Gasteiger partial charge in [-0.15, -0.1) is 24.8 Å². The summed E-state index contributed by atoms with van der Waals surface area (Å²) < 4.78 is 11.2. The lowest BCUT2D eigenvalue weighted by Crippen LogP contribution is -2.38. The number of nitrogens with zero attached hydrogens (tertiary/aromatic N) is 1. The van der Waals surface area contributed by atoms with Gasteiger partial charge in [0.05, 0.1) is 13.2 Å². The highest BCUT2D eigenvalue weighted by molar-refractivity contribution is 5.85. The van der Waals surface area contributed by atoms with E-state index in [4.69, 9.17) is 15.2 Å². The van der Waals surface area contributed by atoms with Crippen molar-refractivity contribution < 1.29 is 14.3 Å². The average molecular weight is 394 g/mol. The zero-order valence-corrected chi connectivity index (χ0v) is 16.2. The van der Waals surface area contributed by atoms with Gasteiger partial charge in [0.15, 0.2) is 0 Å². The third kappa shape index (κ3) is 8.25. The van der Waals surface area contributed by atoms with Crippen LogP contribution in [0, 0.1) is 5.92 Å². The summed E-state index contributed by atoms with van der Waals surface area (Å²) >= 11 is 0. The zero-order valence-electron chi connectivity index (χ0n) is 14.6. The van der Waals surface area contributed by atoms with Gasteiger partial charge in [-0.1, -0.05) is 25.1 Å². The number of hydrogen-bond donors (Lipinski definition) is 2. The van der Waals surface area contributed by atoms with Gasteiger partial charge in [0.2, 0.25) is 5.91 Å². The van der Waals surface area contributed by atoms with E-state index in [2.05, 4.69) is 10.2 Å². The second-order valence-electron chi connectivity index (χ2n) is 5.76. The first-order chi connectivity index (χ1) is 11.2. The Labute approximate surface area is 162 Å². The van der Waals surface area contributed by atoms with E-state index in [1.165, 1.54) is 0 Å². The van der Waals surface area contributed by atoms with Crippen LogP contribution in [0.1, 0.15) is 12.5 Å². The van der Waals surface area contributed by atoms with Gasteiger partial charge in [-0.3, -0.25) is 9.69 Å². The fourth-order valence-electron chi connectivity index (χ4n) is 2.36. The summed E-state index contributed by atoms with van der Waals surface area (Å²) in [6.45, 7) is 7.64. The summed E-state index contributed by atoms with van der Waals surface area (Å²) in [5, 5.41) is 2.90. The molecular formula is C17H29Cl2N3O3. The third-order valence-electron chi connectivity index (χ3n) is 4.00. The number of carbonyl (C=O) groups is 1. The number of carbonyl (C=O) groups excluding carboxylic acids is 1. The Morgan fingerprint density at radius 1 is 1.32 bits per heavy atom. The fourth-order valence-corrected chi connectivity index (χ4v) is 2.36. The first-order valence-electron chi connectivity index (χ1n) is 8.19. The lowest BCUT2D eigenvalue weighted by atomic mass is 10.1. The highest BCUT2D eigenvalue weighted by Gasteiger charge is 2.12. The van der Waals surface area contributed by atoms with Crippen LogP contribution in [0.2, 0.25) is 0 Å². The topological polar surface area (TPSA) is 76.8 Å². The van der Waals surface area contributed by atoms with E-state index >= 15 is 0 Å². The number of ether oxygens (including phenoxy) is 2. The van der Waals surface area contributed by atoms with Crippen molar-refractivity contribution in [1.29, 1.82) is 0 Å². The molecule has 1 aliphatic rings. The Morgan fingerprint density at radius 2 is 2.00 bits per heavy atom. The van der Waals surface area contributed by atoms with E-state index in [0.29, 0.717) is 19.7 Å². The first kappa shape index (κ1) is 23.9. The summed E-state index contributed by atoms with van der Waals surface area (Å²) in [4.78, 5) is 14.2. The van der Waals surface area contributed by atoms with Gasteiger partial charge in [-0.05, 0) is 6.07 Å². The maximum Gasteiger partial charge on any atom is 0.224 e.